The number of allylic oxidation sites excluding steroid dienone is 2. The van der Waals surface area contributed by atoms with Crippen LogP contribution in [0.25, 0.3) is 10.9 Å². The van der Waals surface area contributed by atoms with Crippen LogP contribution < -0.4 is 5.32 Å². The lowest BCUT2D eigenvalue weighted by atomic mass is 9.85. The zero-order valence-electron chi connectivity index (χ0n) is 19.6. The molecule has 3 amide bonds. The molecule has 6 rings (SSSR count). The van der Waals surface area contributed by atoms with Gasteiger partial charge in [0.2, 0.25) is 5.91 Å². The van der Waals surface area contributed by atoms with E-state index in [1.54, 1.807) is 6.21 Å². The monoisotopic (exact) mass is 466 g/mol. The number of para-hydroxylation sites is 2. The highest BCUT2D eigenvalue weighted by Crippen LogP contribution is 2.52. The van der Waals surface area contributed by atoms with E-state index < -0.39 is 0 Å². The summed E-state index contributed by atoms with van der Waals surface area (Å²) in [7, 11) is 0. The van der Waals surface area contributed by atoms with E-state index in [0.29, 0.717) is 0 Å². The van der Waals surface area contributed by atoms with E-state index in [-0.39, 0.29) is 47.9 Å². The first-order chi connectivity index (χ1) is 16.9. The molecule has 2 bridgehead atoms. The molecule has 1 saturated heterocycles. The number of hydrogen-bond acceptors (Lipinski definition) is 4. The highest BCUT2D eigenvalue weighted by atomic mass is 16.2. The average Bonchev–Trinajstić information content (AvgIpc) is 3.59. The fourth-order valence-corrected chi connectivity index (χ4v) is 5.99. The lowest BCUT2D eigenvalue weighted by molar-refractivity contribution is -0.140. The zero-order valence-corrected chi connectivity index (χ0v) is 19.6. The maximum absolute atomic E-state index is 13.0. The molecule has 7 nitrogen and oxygen atoms in total. The second-order valence-electron chi connectivity index (χ2n) is 9.70. The second-order valence-corrected chi connectivity index (χ2v) is 9.70. The number of aromatic nitrogens is 1. The molecule has 1 N–H and O–H groups in total. The van der Waals surface area contributed by atoms with Crippen molar-refractivity contribution in [2.24, 2.45) is 28.8 Å². The molecule has 3 aromatic rings. The van der Waals surface area contributed by atoms with E-state index in [9.17, 15) is 14.4 Å². The summed E-state index contributed by atoms with van der Waals surface area (Å²) in [5, 5.41) is 9.36. The Hall–Kier alpha value is -4.00. The van der Waals surface area contributed by atoms with Gasteiger partial charge in [-0.15, -0.1) is 0 Å². The summed E-state index contributed by atoms with van der Waals surface area (Å²) in [5.41, 5.74) is 4.31. The number of carbonyl (C=O) groups is 3. The normalized spacial score (nSPS) is 24.8. The quantitative estimate of drug-likeness (QED) is 0.350. The van der Waals surface area contributed by atoms with Crippen molar-refractivity contribution in [1.29, 1.82) is 0 Å². The molecule has 2 aromatic carbocycles. The van der Waals surface area contributed by atoms with Crippen molar-refractivity contribution < 1.29 is 14.4 Å². The van der Waals surface area contributed by atoms with Crippen molar-refractivity contribution in [1.82, 2.24) is 9.58 Å². The van der Waals surface area contributed by atoms with Crippen LogP contribution in [0.15, 0.2) is 65.8 Å². The Morgan fingerprint density at radius 2 is 1.66 bits per heavy atom. The van der Waals surface area contributed by atoms with Crippen LogP contribution in [-0.2, 0) is 20.9 Å². The van der Waals surface area contributed by atoms with Gasteiger partial charge in [0.25, 0.3) is 11.8 Å². The number of nitrogens with zero attached hydrogens (tertiary/aromatic N) is 3. The fraction of sp³-hybridized carbons (Fsp3) is 0.286. The van der Waals surface area contributed by atoms with Crippen LogP contribution in [0, 0.1) is 37.5 Å². The van der Waals surface area contributed by atoms with Gasteiger partial charge >= 0.3 is 0 Å². The van der Waals surface area contributed by atoms with Crippen LogP contribution in [0.5, 0.6) is 0 Å². The number of rotatable bonds is 5. The Morgan fingerprint density at radius 1 is 1.00 bits per heavy atom. The maximum Gasteiger partial charge on any atom is 0.254 e. The summed E-state index contributed by atoms with van der Waals surface area (Å²) in [6.45, 7) is 4.02. The summed E-state index contributed by atoms with van der Waals surface area (Å²) >= 11 is 0. The lowest BCUT2D eigenvalue weighted by Crippen LogP contribution is -2.28. The first-order valence-electron chi connectivity index (χ1n) is 12.0. The molecule has 35 heavy (non-hydrogen) atoms. The third-order valence-electron chi connectivity index (χ3n) is 7.75. The van der Waals surface area contributed by atoms with Crippen LogP contribution >= 0.6 is 0 Å². The highest BCUT2D eigenvalue weighted by molar-refractivity contribution is 6.08. The van der Waals surface area contributed by atoms with Gasteiger partial charge < -0.3 is 9.88 Å². The van der Waals surface area contributed by atoms with Gasteiger partial charge in [-0.1, -0.05) is 48.6 Å². The van der Waals surface area contributed by atoms with E-state index in [1.807, 2.05) is 66.9 Å². The Bertz CT molecular complexity index is 1420. The van der Waals surface area contributed by atoms with E-state index >= 15 is 0 Å². The van der Waals surface area contributed by atoms with Gasteiger partial charge in [0, 0.05) is 27.8 Å². The number of aryl methyl sites for hydroxylation is 1. The summed E-state index contributed by atoms with van der Waals surface area (Å²) < 4.78 is 1.94. The molecule has 2 aliphatic carbocycles. The van der Waals surface area contributed by atoms with Crippen LogP contribution in [0.2, 0.25) is 0 Å². The predicted molar refractivity (Wildman–Crippen MR) is 134 cm³/mol. The number of hydrazone groups is 1. The topological polar surface area (TPSA) is 83.8 Å². The fourth-order valence-electron chi connectivity index (χ4n) is 5.99. The lowest BCUT2D eigenvalue weighted by Gasteiger charge is -2.13. The second kappa shape index (κ2) is 8.05. The van der Waals surface area contributed by atoms with Gasteiger partial charge in [-0.05, 0) is 49.8 Å². The summed E-state index contributed by atoms with van der Waals surface area (Å²) in [4.78, 5) is 38.9. The molecule has 0 unspecified atom stereocenters. The van der Waals surface area contributed by atoms with Gasteiger partial charge in [-0.2, -0.15) is 10.1 Å². The molecule has 2 fully saturated rings. The number of fused-ring (bicyclic) bond motifs is 6. The van der Waals surface area contributed by atoms with Gasteiger partial charge in [0.1, 0.15) is 6.54 Å². The van der Waals surface area contributed by atoms with Crippen molar-refractivity contribution >= 4 is 40.5 Å². The number of nitrogens with one attached hydrogen (secondary N) is 1. The molecule has 1 aliphatic heterocycles. The number of imide groups is 1. The molecule has 3 aliphatic rings. The molecule has 7 heteroatoms. The minimum Gasteiger partial charge on any atom is -0.335 e. The molecular formula is C28H26N4O3. The first-order valence-corrected chi connectivity index (χ1v) is 12.0. The SMILES string of the molecule is Cc1ccccc1NC(=O)Cn1c(C)c(C=NN2C(=O)[C@@H]3[C@H](C2=O)[C@H]2C=C[C@H]3C2)c2ccccc21. The Morgan fingerprint density at radius 3 is 2.37 bits per heavy atom. The molecule has 4 atom stereocenters. The minimum absolute atomic E-state index is 0.132. The largest absolute Gasteiger partial charge is 0.335 e. The number of carbonyl (C=O) groups excluding carboxylic acids is 3. The van der Waals surface area contributed by atoms with Gasteiger partial charge in [0.15, 0.2) is 0 Å². The van der Waals surface area contributed by atoms with Crippen molar-refractivity contribution in [3.8, 4) is 0 Å². The number of benzene rings is 2. The van der Waals surface area contributed by atoms with Crippen LogP contribution in [0.3, 0.4) is 0 Å². The van der Waals surface area contributed by atoms with Crippen molar-refractivity contribution in [3.63, 3.8) is 0 Å². The van der Waals surface area contributed by atoms with E-state index in [1.165, 1.54) is 0 Å². The summed E-state index contributed by atoms with van der Waals surface area (Å²) in [5.74, 6) is -0.787. The Labute approximate surface area is 203 Å². The van der Waals surface area contributed by atoms with Crippen LogP contribution in [-0.4, -0.2) is 33.5 Å². The van der Waals surface area contributed by atoms with E-state index in [0.717, 1.165) is 44.8 Å². The van der Waals surface area contributed by atoms with Crippen molar-refractivity contribution in [2.75, 3.05) is 5.32 Å². The minimum atomic E-state index is -0.276. The van der Waals surface area contributed by atoms with Crippen LogP contribution in [0.4, 0.5) is 5.69 Å². The van der Waals surface area contributed by atoms with Gasteiger partial charge in [-0.3, -0.25) is 14.4 Å². The van der Waals surface area contributed by atoms with Gasteiger partial charge in [-0.25, -0.2) is 0 Å². The maximum atomic E-state index is 13.0. The molecule has 1 aromatic heterocycles. The Kier molecular flexibility index (Phi) is 4.95. The van der Waals surface area contributed by atoms with E-state index in [4.69, 9.17) is 0 Å². The molecule has 0 spiro atoms. The third-order valence-corrected chi connectivity index (χ3v) is 7.75. The van der Waals surface area contributed by atoms with E-state index in [2.05, 4.69) is 22.6 Å². The van der Waals surface area contributed by atoms with Crippen molar-refractivity contribution in [3.05, 3.63) is 77.5 Å². The third kappa shape index (κ3) is 3.33. The number of amides is 3. The van der Waals surface area contributed by atoms with Crippen molar-refractivity contribution in [2.45, 2.75) is 26.8 Å². The molecule has 0 radical (unpaired) electrons. The molecule has 1 saturated carbocycles. The predicted octanol–water partition coefficient (Wildman–Crippen LogP) is 4.04. The standard InChI is InChI=1S/C28H26N4O3/c1-16-7-3-5-9-22(16)30-24(33)15-31-17(2)21(20-8-4-6-10-23(20)31)14-29-32-27(34)25-18-11-12-19(13-18)26(25)28(32)35/h3-12,14,18-19,25-26H,13,15H2,1-2H3,(H,30,33)/t18-,19-,25-,26+/m0/s1. The number of anilines is 1. The smallest absolute Gasteiger partial charge is 0.254 e. The highest BCUT2D eigenvalue weighted by Gasteiger charge is 2.59. The average molecular weight is 467 g/mol. The number of hydrogen-bond donors (Lipinski definition) is 1. The molecule has 2 heterocycles. The Balaban J connectivity index is 1.29. The molecular weight excluding hydrogens is 440 g/mol. The molecule has 176 valence electrons. The summed E-state index contributed by atoms with van der Waals surface area (Å²) in [6.07, 6.45) is 6.63. The first kappa shape index (κ1) is 21.5. The van der Waals surface area contributed by atoms with Crippen LogP contribution in [0.1, 0.15) is 23.2 Å². The van der Waals surface area contributed by atoms with Gasteiger partial charge in [0.05, 0.1) is 18.1 Å². The summed E-state index contributed by atoms with van der Waals surface area (Å²) in [6, 6.07) is 15.4. The zero-order chi connectivity index (χ0) is 24.3.